The highest BCUT2D eigenvalue weighted by Gasteiger charge is 2.09. The number of hydrogen-bond donors (Lipinski definition) is 2. The van der Waals surface area contributed by atoms with Crippen LogP contribution >= 0.6 is 0 Å². The molecule has 0 bridgehead atoms. The van der Waals surface area contributed by atoms with Crippen LogP contribution in [-0.2, 0) is 4.79 Å². The molecule has 0 unspecified atom stereocenters. The van der Waals surface area contributed by atoms with Gasteiger partial charge in [0, 0.05) is 30.7 Å². The molecule has 0 fully saturated rings. The Balaban J connectivity index is 1.66. The first-order valence-corrected chi connectivity index (χ1v) is 8.48. The normalized spacial score (nSPS) is 10.5. The molecule has 2 aromatic rings. The molecule has 146 valence electrons. The minimum absolute atomic E-state index is 0.0802. The van der Waals surface area contributed by atoms with Crippen molar-refractivity contribution in [2.45, 2.75) is 12.8 Å². The smallest absolute Gasteiger partial charge is 0.269 e. The number of carbonyl (C=O) groups is 2. The van der Waals surface area contributed by atoms with E-state index in [9.17, 15) is 19.7 Å². The summed E-state index contributed by atoms with van der Waals surface area (Å²) >= 11 is 0. The lowest BCUT2D eigenvalue weighted by atomic mass is 10.2. The van der Waals surface area contributed by atoms with Gasteiger partial charge in [0.1, 0.15) is 5.75 Å². The molecule has 0 saturated heterocycles. The Bertz CT molecular complexity index is 848. The molecule has 2 aromatic carbocycles. The molecule has 0 aliphatic rings. The molecule has 28 heavy (non-hydrogen) atoms. The molecule has 0 saturated carbocycles. The van der Waals surface area contributed by atoms with E-state index in [0.717, 1.165) is 11.3 Å². The first kappa shape index (κ1) is 20.6. The zero-order valence-electron chi connectivity index (χ0n) is 15.3. The highest BCUT2D eigenvalue weighted by atomic mass is 16.6. The number of carbonyl (C=O) groups excluding carboxylic acids is 2. The maximum Gasteiger partial charge on any atom is 0.269 e. The molecule has 0 heterocycles. The van der Waals surface area contributed by atoms with Gasteiger partial charge in [0.15, 0.2) is 0 Å². The van der Waals surface area contributed by atoms with Crippen LogP contribution in [0.25, 0.3) is 0 Å². The van der Waals surface area contributed by atoms with Crippen molar-refractivity contribution in [1.29, 1.82) is 0 Å². The lowest BCUT2D eigenvalue weighted by Crippen LogP contribution is -2.26. The van der Waals surface area contributed by atoms with Gasteiger partial charge >= 0.3 is 0 Å². The maximum atomic E-state index is 11.9. The van der Waals surface area contributed by atoms with Crippen LogP contribution in [0, 0.1) is 10.1 Å². The van der Waals surface area contributed by atoms with Gasteiger partial charge in [-0.2, -0.15) is 5.10 Å². The van der Waals surface area contributed by atoms with Gasteiger partial charge in [0.05, 0.1) is 18.2 Å². The van der Waals surface area contributed by atoms with Crippen molar-refractivity contribution in [3.8, 4) is 5.75 Å². The van der Waals surface area contributed by atoms with E-state index in [4.69, 9.17) is 4.74 Å². The summed E-state index contributed by atoms with van der Waals surface area (Å²) in [6.45, 7) is 0.297. The SMILES string of the molecule is COc1ccc(C=NNC(=O)CCCNC(=O)c2ccc([N+](=O)[O-])cc2)cc1. The fourth-order valence-electron chi connectivity index (χ4n) is 2.21. The molecule has 0 aliphatic carbocycles. The quantitative estimate of drug-likeness (QED) is 0.297. The Hall–Kier alpha value is -3.75. The van der Waals surface area contributed by atoms with E-state index < -0.39 is 4.92 Å². The van der Waals surface area contributed by atoms with Gasteiger partial charge in [-0.3, -0.25) is 19.7 Å². The summed E-state index contributed by atoms with van der Waals surface area (Å²) in [7, 11) is 1.58. The summed E-state index contributed by atoms with van der Waals surface area (Å²) in [5, 5.41) is 17.1. The molecule has 9 nitrogen and oxygen atoms in total. The number of nitro groups is 1. The minimum atomic E-state index is -0.530. The van der Waals surface area contributed by atoms with Gasteiger partial charge < -0.3 is 10.1 Å². The zero-order chi connectivity index (χ0) is 20.4. The van der Waals surface area contributed by atoms with Crippen LogP contribution in [0.1, 0.15) is 28.8 Å². The summed E-state index contributed by atoms with van der Waals surface area (Å²) in [4.78, 5) is 33.7. The molecule has 2 N–H and O–H groups in total. The van der Waals surface area contributed by atoms with Crippen LogP contribution in [0.3, 0.4) is 0 Å². The van der Waals surface area contributed by atoms with Gasteiger partial charge in [0.2, 0.25) is 5.91 Å². The molecule has 0 atom stereocenters. The number of nitrogens with zero attached hydrogens (tertiary/aromatic N) is 2. The summed E-state index contributed by atoms with van der Waals surface area (Å²) in [5.74, 6) is 0.110. The first-order chi connectivity index (χ1) is 13.5. The highest BCUT2D eigenvalue weighted by molar-refractivity contribution is 5.94. The van der Waals surface area contributed by atoms with Crippen molar-refractivity contribution in [1.82, 2.24) is 10.7 Å². The lowest BCUT2D eigenvalue weighted by molar-refractivity contribution is -0.384. The number of rotatable bonds is 9. The first-order valence-electron chi connectivity index (χ1n) is 8.48. The van der Waals surface area contributed by atoms with Crippen LogP contribution in [0.4, 0.5) is 5.69 Å². The van der Waals surface area contributed by atoms with E-state index in [2.05, 4.69) is 15.8 Å². The van der Waals surface area contributed by atoms with Crippen LogP contribution in [0.2, 0.25) is 0 Å². The van der Waals surface area contributed by atoms with E-state index in [1.807, 2.05) is 12.1 Å². The van der Waals surface area contributed by atoms with Crippen molar-refractivity contribution in [3.63, 3.8) is 0 Å². The average molecular weight is 384 g/mol. The second-order valence-electron chi connectivity index (χ2n) is 5.73. The zero-order valence-corrected chi connectivity index (χ0v) is 15.3. The molecule has 9 heteroatoms. The molecule has 0 spiro atoms. The van der Waals surface area contributed by atoms with Gasteiger partial charge in [-0.05, 0) is 48.4 Å². The van der Waals surface area contributed by atoms with Crippen LogP contribution in [0.15, 0.2) is 53.6 Å². The molecule has 2 rings (SSSR count). The summed E-state index contributed by atoms with van der Waals surface area (Å²) < 4.78 is 5.06. The molecular formula is C19H20N4O5. The Morgan fingerprint density at radius 1 is 1.14 bits per heavy atom. The van der Waals surface area contributed by atoms with Gasteiger partial charge in [0.25, 0.3) is 11.6 Å². The summed E-state index contributed by atoms with van der Waals surface area (Å²) in [6, 6.07) is 12.5. The standard InChI is InChI=1S/C19H20N4O5/c1-28-17-10-4-14(5-11-17)13-21-22-18(24)3-2-12-20-19(25)15-6-8-16(9-7-15)23(26)27/h4-11,13H,2-3,12H2,1H3,(H,20,25)(H,22,24). The number of nitro benzene ring substituents is 1. The van der Waals surface area contributed by atoms with Gasteiger partial charge in [-0.25, -0.2) is 5.43 Å². The summed E-state index contributed by atoms with van der Waals surface area (Å²) in [5.41, 5.74) is 3.47. The maximum absolute atomic E-state index is 11.9. The number of nitrogens with one attached hydrogen (secondary N) is 2. The van der Waals surface area contributed by atoms with Crippen LogP contribution in [0.5, 0.6) is 5.75 Å². The number of amides is 2. The average Bonchev–Trinajstić information content (AvgIpc) is 2.71. The Kier molecular flexibility index (Phi) is 7.64. The number of methoxy groups -OCH3 is 1. The Labute approximate surface area is 161 Å². The number of hydrogen-bond acceptors (Lipinski definition) is 6. The lowest BCUT2D eigenvalue weighted by Gasteiger charge is -2.05. The van der Waals surface area contributed by atoms with Crippen LogP contribution in [-0.4, -0.2) is 36.6 Å². The third kappa shape index (κ3) is 6.52. The minimum Gasteiger partial charge on any atom is -0.497 e. The van der Waals surface area contributed by atoms with E-state index in [-0.39, 0.29) is 23.9 Å². The molecule has 2 amide bonds. The fraction of sp³-hybridized carbons (Fsp3) is 0.211. The van der Waals surface area contributed by atoms with Crippen LogP contribution < -0.4 is 15.5 Å². The number of non-ortho nitro benzene ring substituents is 1. The second kappa shape index (κ2) is 10.4. The van der Waals surface area contributed by atoms with Gasteiger partial charge in [-0.1, -0.05) is 0 Å². The van der Waals surface area contributed by atoms with E-state index in [1.165, 1.54) is 30.5 Å². The fourth-order valence-corrected chi connectivity index (χ4v) is 2.21. The third-order valence-electron chi connectivity index (χ3n) is 3.73. The number of hydrazone groups is 1. The van der Waals surface area contributed by atoms with Crippen molar-refractivity contribution in [2.24, 2.45) is 5.10 Å². The predicted molar refractivity (Wildman–Crippen MR) is 103 cm³/mol. The topological polar surface area (TPSA) is 123 Å². The molecule has 0 aromatic heterocycles. The Morgan fingerprint density at radius 2 is 1.82 bits per heavy atom. The molecular weight excluding hydrogens is 364 g/mol. The summed E-state index contributed by atoms with van der Waals surface area (Å²) in [6.07, 6.45) is 2.15. The number of ether oxygens (including phenoxy) is 1. The van der Waals surface area contributed by atoms with E-state index in [1.54, 1.807) is 19.2 Å². The highest BCUT2D eigenvalue weighted by Crippen LogP contribution is 2.12. The van der Waals surface area contributed by atoms with E-state index >= 15 is 0 Å². The largest absolute Gasteiger partial charge is 0.497 e. The van der Waals surface area contributed by atoms with Gasteiger partial charge in [-0.15, -0.1) is 0 Å². The predicted octanol–water partition coefficient (Wildman–Crippen LogP) is 2.26. The Morgan fingerprint density at radius 3 is 2.43 bits per heavy atom. The van der Waals surface area contributed by atoms with E-state index in [0.29, 0.717) is 18.5 Å². The van der Waals surface area contributed by atoms with Crippen molar-refractivity contribution < 1.29 is 19.2 Å². The third-order valence-corrected chi connectivity index (χ3v) is 3.73. The van der Waals surface area contributed by atoms with Crippen molar-refractivity contribution in [2.75, 3.05) is 13.7 Å². The molecule has 0 radical (unpaired) electrons. The monoisotopic (exact) mass is 384 g/mol. The van der Waals surface area contributed by atoms with Crippen molar-refractivity contribution in [3.05, 3.63) is 69.8 Å². The molecule has 0 aliphatic heterocycles. The van der Waals surface area contributed by atoms with Crippen molar-refractivity contribution >= 4 is 23.7 Å². The second-order valence-corrected chi connectivity index (χ2v) is 5.73. The number of benzene rings is 2.